The summed E-state index contributed by atoms with van der Waals surface area (Å²) >= 11 is 0. The molecule has 6 unspecified atom stereocenters. The summed E-state index contributed by atoms with van der Waals surface area (Å²) in [5.74, 6) is -5.07. The van der Waals surface area contributed by atoms with E-state index in [1.807, 2.05) is 0 Å². The second-order valence-corrected chi connectivity index (χ2v) is 9.58. The number of carbonyl (C=O) groups excluding carboxylic acids is 3. The Kier molecular flexibility index (Phi) is 5.34. The number of amides is 1. The monoisotopic (exact) mass is 706 g/mol. The second kappa shape index (κ2) is 6.84. The predicted octanol–water partition coefficient (Wildman–Crippen LogP) is -0.216. The van der Waals surface area contributed by atoms with Crippen LogP contribution >= 0.6 is 0 Å². The van der Waals surface area contributed by atoms with E-state index in [2.05, 4.69) is 4.74 Å². The Morgan fingerprint density at radius 3 is 2.27 bits per heavy atom. The van der Waals surface area contributed by atoms with Crippen LogP contribution in [0.3, 0.4) is 0 Å². The minimum Gasteiger partial charge on any atom is -0.746 e. The van der Waals surface area contributed by atoms with Crippen LogP contribution in [0.25, 0.3) is 0 Å². The maximum Gasteiger partial charge on any atom is 0.303 e. The van der Waals surface area contributed by atoms with Crippen molar-refractivity contribution in [1.29, 1.82) is 0 Å². The third-order valence-corrected chi connectivity index (χ3v) is 5.93. The third kappa shape index (κ3) is 3.35. The smallest absolute Gasteiger partial charge is 0.303 e. The summed E-state index contributed by atoms with van der Waals surface area (Å²) in [7, 11) is -6.10. The van der Waals surface area contributed by atoms with Crippen LogP contribution < -0.4 is 0 Å². The minimum atomic E-state index is -6.10. The first kappa shape index (κ1) is 23.4. The van der Waals surface area contributed by atoms with Gasteiger partial charge in [-0.3, -0.25) is 14.4 Å². The number of hydrogen-bond acceptors (Lipinski definition) is 9. The number of fused-ring (bicyclic) bond motifs is 1. The maximum absolute atomic E-state index is 13.3. The number of alkyl halides is 2. The van der Waals surface area contributed by atoms with Crippen LogP contribution in [0.15, 0.2) is 0 Å². The molecule has 0 spiro atoms. The van der Waals surface area contributed by atoms with E-state index in [1.165, 1.54) is 4.90 Å². The Bertz CT molecular complexity index is 859. The van der Waals surface area contributed by atoms with Gasteiger partial charge in [0.15, 0.2) is 6.10 Å². The number of likely N-dealkylation sites (tertiary alicyclic amines) is 1. The van der Waals surface area contributed by atoms with Crippen molar-refractivity contribution < 1.29 is 50.3 Å². The van der Waals surface area contributed by atoms with Gasteiger partial charge in [0.05, 0.1) is 24.0 Å². The van der Waals surface area contributed by atoms with Gasteiger partial charge in [0, 0.05) is 12.5 Å². The minimum absolute atomic E-state index is 0. The van der Waals surface area contributed by atoms with E-state index >= 15 is 0 Å². The van der Waals surface area contributed by atoms with E-state index in [1.54, 1.807) is 20.8 Å². The van der Waals surface area contributed by atoms with Crippen molar-refractivity contribution in [2.24, 2.45) is 11.8 Å². The molecule has 0 radical (unpaired) electrons. The van der Waals surface area contributed by atoms with E-state index in [9.17, 15) is 36.1 Å². The molecule has 3 aliphatic rings. The van der Waals surface area contributed by atoms with Gasteiger partial charge in [-0.05, 0) is 20.8 Å². The molecule has 3 aliphatic heterocycles. The van der Waals surface area contributed by atoms with Crippen LogP contribution in [-0.2, 0) is 38.7 Å². The molecule has 14 heteroatoms. The Balaban J connectivity index is 0.00000320. The summed E-state index contributed by atoms with van der Waals surface area (Å²) in [4.78, 5) is 38.4. The van der Waals surface area contributed by atoms with Gasteiger partial charge in [-0.25, -0.2) is 17.2 Å². The van der Waals surface area contributed by atoms with Crippen LogP contribution in [0, 0.1) is 18.4 Å². The average molecular weight is 706 g/mol. The fourth-order valence-corrected chi connectivity index (χ4v) is 4.43. The van der Waals surface area contributed by atoms with Gasteiger partial charge in [-0.2, -0.15) is 0 Å². The molecule has 30 heavy (non-hydrogen) atoms. The summed E-state index contributed by atoms with van der Waals surface area (Å²) < 4.78 is 73.4. The van der Waals surface area contributed by atoms with Crippen LogP contribution in [0.4, 0.5) is 8.78 Å². The summed E-state index contributed by atoms with van der Waals surface area (Å²) in [6, 6.07) is -0.669. The van der Waals surface area contributed by atoms with Crippen molar-refractivity contribution >= 4 is 28.0 Å². The number of ether oxygens (including phenoxy) is 3. The van der Waals surface area contributed by atoms with Gasteiger partial charge < -0.3 is 23.7 Å². The van der Waals surface area contributed by atoms with Gasteiger partial charge in [-0.1, -0.05) is 6.61 Å². The zero-order valence-corrected chi connectivity index (χ0v) is 23.7. The van der Waals surface area contributed by atoms with E-state index in [0.717, 1.165) is 6.92 Å². The molecular formula is C16H19F2NO9RfS-2. The third-order valence-electron chi connectivity index (χ3n) is 5.17. The molecule has 0 aromatic rings. The molecule has 2 bridgehead atoms. The Labute approximate surface area is 165 Å². The summed E-state index contributed by atoms with van der Waals surface area (Å²) in [6.07, 6.45) is -3.02. The molecule has 3 rings (SSSR count). The number of carbonyl (C=O) groups is 3. The van der Waals surface area contributed by atoms with E-state index in [-0.39, 0.29) is 0 Å². The fraction of sp³-hybridized carbons (Fsp3) is 0.750. The Morgan fingerprint density at radius 1 is 1.23 bits per heavy atom. The van der Waals surface area contributed by atoms with E-state index in [0.29, 0.717) is 0 Å². The van der Waals surface area contributed by atoms with Crippen LogP contribution in [0.1, 0.15) is 27.7 Å². The molecule has 166 valence electrons. The zero-order valence-electron chi connectivity index (χ0n) is 16.5. The van der Waals surface area contributed by atoms with Crippen molar-refractivity contribution in [2.45, 2.75) is 62.8 Å². The van der Waals surface area contributed by atoms with E-state index in [4.69, 9.17) is 9.47 Å². The molecule has 0 N–H and O–H groups in total. The molecular weight excluding hydrogens is 687 g/mol. The molecule has 0 aliphatic carbocycles. The quantitative estimate of drug-likeness (QED) is 0.216. The van der Waals surface area contributed by atoms with E-state index < -0.39 is 81.6 Å². The van der Waals surface area contributed by atoms with Gasteiger partial charge in [0.1, 0.15) is 16.2 Å². The molecule has 0 aromatic carbocycles. The first-order valence-electron chi connectivity index (χ1n) is 8.62. The van der Waals surface area contributed by atoms with Crippen LogP contribution in [-0.4, -0.2) is 70.9 Å². The molecule has 3 saturated heterocycles. The van der Waals surface area contributed by atoms with Crippen molar-refractivity contribution in [3.63, 3.8) is 0 Å². The SMILES string of the molecule is CC(=O)OC1C2OC3C(C(=O)N(C(C)(C)C)C13)C2C(=O)O[CH-]C(F)(F)S(=O)(=O)[O-].[Rf]. The fourth-order valence-electron chi connectivity index (χ4n) is 4.26. The molecule has 1 amide bonds. The standard InChI is InChI=1S/C16H20F2NO9S.Rf/c1-6(20)27-12-9-10-7(13(21)19(9)15(2,3)4)8(11(12)28-10)14(22)26-5-16(17,18)29(23,24)25;/h5,7-12H,1-4H3,(H,23,24,25);/q-1;/p-1. The summed E-state index contributed by atoms with van der Waals surface area (Å²) in [6.45, 7) is 5.64. The first-order valence-corrected chi connectivity index (χ1v) is 10.0. The Morgan fingerprint density at radius 2 is 1.80 bits per heavy atom. The predicted molar refractivity (Wildman–Crippen MR) is 86.6 cm³/mol. The number of hydrogen-bond donors (Lipinski definition) is 0. The number of rotatable bonds is 5. The van der Waals surface area contributed by atoms with Crippen molar-refractivity contribution in [1.82, 2.24) is 4.90 Å². The molecule has 3 heterocycles. The molecule has 10 nitrogen and oxygen atoms in total. The first-order chi connectivity index (χ1) is 13.1. The molecule has 0 aromatic heterocycles. The van der Waals surface area contributed by atoms with Gasteiger partial charge in [0.2, 0.25) is 5.91 Å². The normalized spacial score (nSPS) is 32.8. The molecule has 0 saturated carbocycles. The maximum atomic E-state index is 13.3. The topological polar surface area (TPSA) is 139 Å². The van der Waals surface area contributed by atoms with Crippen LogP contribution in [0.5, 0.6) is 0 Å². The number of halogens is 2. The van der Waals surface area contributed by atoms with Crippen molar-refractivity contribution in [3.05, 3.63) is 6.61 Å². The zero-order chi connectivity index (χ0) is 22.1. The number of esters is 2. The van der Waals surface area contributed by atoms with Crippen molar-refractivity contribution in [3.8, 4) is 0 Å². The largest absolute Gasteiger partial charge is 0.746 e. The summed E-state index contributed by atoms with van der Waals surface area (Å²) in [5, 5.41) is -4.95. The molecule has 3 fully saturated rings. The average Bonchev–Trinajstić information content (AvgIpc) is 3.12. The molecule has 6 atom stereocenters. The second-order valence-electron chi connectivity index (χ2n) is 8.13. The van der Waals surface area contributed by atoms with Gasteiger partial charge in [0.25, 0.3) is 11.2 Å². The van der Waals surface area contributed by atoms with Gasteiger partial charge >= 0.3 is 5.97 Å². The van der Waals surface area contributed by atoms with Crippen molar-refractivity contribution in [2.75, 3.05) is 0 Å². The summed E-state index contributed by atoms with van der Waals surface area (Å²) in [5.41, 5.74) is -0.722. The Hall–Kier alpha value is -2.86. The van der Waals surface area contributed by atoms with Crippen LogP contribution in [0.2, 0.25) is 0 Å². The van der Waals surface area contributed by atoms with Gasteiger partial charge in [-0.15, -0.1) is 0 Å². The number of nitrogens with zero attached hydrogens (tertiary/aromatic N) is 1.